The standard InChI is InChI=1S/C16H15FN2OS/c1-21-15-4-2-3-14(11-15)19-16(20)18-10-9-12-5-7-13(17)8-6-12/h2-11H,1H3,(H2,18,19,20)/b10-9+. The van der Waals surface area contributed by atoms with Gasteiger partial charge >= 0.3 is 6.03 Å². The predicted octanol–water partition coefficient (Wildman–Crippen LogP) is 4.34. The summed E-state index contributed by atoms with van der Waals surface area (Å²) in [6, 6.07) is 13.3. The van der Waals surface area contributed by atoms with Crippen LogP contribution in [0.15, 0.2) is 59.6 Å². The first-order valence-electron chi connectivity index (χ1n) is 6.31. The summed E-state index contributed by atoms with van der Waals surface area (Å²) in [5.41, 5.74) is 1.54. The number of carbonyl (C=O) groups is 1. The summed E-state index contributed by atoms with van der Waals surface area (Å²) in [6.45, 7) is 0. The highest BCUT2D eigenvalue weighted by molar-refractivity contribution is 7.98. The average Bonchev–Trinajstić information content (AvgIpc) is 2.49. The molecule has 0 aliphatic rings. The van der Waals surface area contributed by atoms with Gasteiger partial charge in [0, 0.05) is 16.8 Å². The van der Waals surface area contributed by atoms with Gasteiger partial charge in [0.05, 0.1) is 0 Å². The van der Waals surface area contributed by atoms with Gasteiger partial charge in [-0.3, -0.25) is 0 Å². The second-order valence-corrected chi connectivity index (χ2v) is 5.09. The van der Waals surface area contributed by atoms with E-state index in [0.29, 0.717) is 0 Å². The van der Waals surface area contributed by atoms with E-state index in [1.807, 2.05) is 30.5 Å². The molecule has 0 saturated heterocycles. The van der Waals surface area contributed by atoms with E-state index in [1.165, 1.54) is 18.3 Å². The molecule has 2 aromatic rings. The lowest BCUT2D eigenvalue weighted by molar-refractivity contribution is 0.255. The average molecular weight is 302 g/mol. The molecule has 0 aliphatic carbocycles. The van der Waals surface area contributed by atoms with Crippen LogP contribution in [0, 0.1) is 5.82 Å². The van der Waals surface area contributed by atoms with Crippen LogP contribution >= 0.6 is 11.8 Å². The van der Waals surface area contributed by atoms with Gasteiger partial charge in [-0.15, -0.1) is 11.8 Å². The van der Waals surface area contributed by atoms with Gasteiger partial charge in [0.1, 0.15) is 5.82 Å². The van der Waals surface area contributed by atoms with E-state index in [2.05, 4.69) is 10.6 Å². The molecule has 2 amide bonds. The molecule has 108 valence electrons. The normalized spacial score (nSPS) is 10.6. The van der Waals surface area contributed by atoms with Crippen molar-refractivity contribution in [2.24, 2.45) is 0 Å². The maximum atomic E-state index is 12.7. The summed E-state index contributed by atoms with van der Waals surface area (Å²) in [6.07, 6.45) is 5.18. The molecule has 5 heteroatoms. The number of hydrogen-bond donors (Lipinski definition) is 2. The molecule has 21 heavy (non-hydrogen) atoms. The van der Waals surface area contributed by atoms with E-state index in [9.17, 15) is 9.18 Å². The van der Waals surface area contributed by atoms with Gasteiger partial charge in [0.2, 0.25) is 0 Å². The quantitative estimate of drug-likeness (QED) is 0.825. The first-order chi connectivity index (χ1) is 10.2. The number of nitrogens with one attached hydrogen (secondary N) is 2. The molecule has 0 heterocycles. The number of carbonyl (C=O) groups excluding carboxylic acids is 1. The third-order valence-corrected chi connectivity index (χ3v) is 3.41. The molecule has 0 bridgehead atoms. The van der Waals surface area contributed by atoms with Crippen LogP contribution in [0.1, 0.15) is 5.56 Å². The molecule has 0 saturated carbocycles. The summed E-state index contributed by atoms with van der Waals surface area (Å²) in [4.78, 5) is 12.8. The van der Waals surface area contributed by atoms with E-state index < -0.39 is 0 Å². The number of benzene rings is 2. The first-order valence-corrected chi connectivity index (χ1v) is 7.53. The number of amides is 2. The predicted molar refractivity (Wildman–Crippen MR) is 85.8 cm³/mol. The Labute approximate surface area is 127 Å². The largest absolute Gasteiger partial charge is 0.323 e. The molecule has 2 aromatic carbocycles. The molecular weight excluding hydrogens is 287 g/mol. The highest BCUT2D eigenvalue weighted by atomic mass is 32.2. The van der Waals surface area contributed by atoms with Crippen molar-refractivity contribution in [1.82, 2.24) is 5.32 Å². The lowest BCUT2D eigenvalue weighted by Crippen LogP contribution is -2.23. The molecule has 0 atom stereocenters. The molecule has 0 fully saturated rings. The number of urea groups is 1. The van der Waals surface area contributed by atoms with Gasteiger partial charge in [-0.05, 0) is 48.2 Å². The summed E-state index contributed by atoms with van der Waals surface area (Å²) < 4.78 is 12.7. The van der Waals surface area contributed by atoms with Crippen LogP contribution in [-0.4, -0.2) is 12.3 Å². The zero-order chi connectivity index (χ0) is 15.1. The fraction of sp³-hybridized carbons (Fsp3) is 0.0625. The highest BCUT2D eigenvalue weighted by Crippen LogP contribution is 2.18. The molecule has 3 nitrogen and oxygen atoms in total. The van der Waals surface area contributed by atoms with Gasteiger partial charge in [-0.1, -0.05) is 18.2 Å². The van der Waals surface area contributed by atoms with Gasteiger partial charge in [-0.2, -0.15) is 0 Å². The molecule has 0 spiro atoms. The van der Waals surface area contributed by atoms with E-state index in [1.54, 1.807) is 30.0 Å². The third-order valence-electron chi connectivity index (χ3n) is 2.69. The van der Waals surface area contributed by atoms with Crippen LogP contribution in [-0.2, 0) is 0 Å². The zero-order valence-corrected chi connectivity index (χ0v) is 12.3. The van der Waals surface area contributed by atoms with E-state index in [4.69, 9.17) is 0 Å². The minimum atomic E-state index is -0.327. The Balaban J connectivity index is 1.88. The lowest BCUT2D eigenvalue weighted by Gasteiger charge is -2.05. The molecular formula is C16H15FN2OS. The van der Waals surface area contributed by atoms with Crippen molar-refractivity contribution in [2.45, 2.75) is 4.90 Å². The number of halogens is 1. The Morgan fingerprint density at radius 1 is 1.19 bits per heavy atom. The van der Waals surface area contributed by atoms with Gasteiger partial charge in [0.15, 0.2) is 0 Å². The number of rotatable bonds is 4. The van der Waals surface area contributed by atoms with Crippen molar-refractivity contribution in [3.05, 3.63) is 66.1 Å². The topological polar surface area (TPSA) is 41.1 Å². The highest BCUT2D eigenvalue weighted by Gasteiger charge is 1.99. The second kappa shape index (κ2) is 7.50. The maximum absolute atomic E-state index is 12.7. The van der Waals surface area contributed by atoms with Crippen LogP contribution in [0.3, 0.4) is 0 Å². The molecule has 0 aliphatic heterocycles. The lowest BCUT2D eigenvalue weighted by atomic mass is 10.2. The van der Waals surface area contributed by atoms with Crippen LogP contribution < -0.4 is 10.6 Å². The van der Waals surface area contributed by atoms with Crippen LogP contribution in [0.2, 0.25) is 0 Å². The van der Waals surface area contributed by atoms with E-state index >= 15 is 0 Å². The summed E-state index contributed by atoms with van der Waals surface area (Å²) in [5, 5.41) is 5.34. The molecule has 0 unspecified atom stereocenters. The third kappa shape index (κ3) is 4.96. The Morgan fingerprint density at radius 2 is 1.95 bits per heavy atom. The Morgan fingerprint density at radius 3 is 2.67 bits per heavy atom. The van der Waals surface area contributed by atoms with Crippen molar-refractivity contribution in [2.75, 3.05) is 11.6 Å². The molecule has 0 aromatic heterocycles. The fourth-order valence-electron chi connectivity index (χ4n) is 1.66. The Bertz CT molecular complexity index is 641. The van der Waals surface area contributed by atoms with Gasteiger partial charge < -0.3 is 10.6 Å². The molecule has 0 radical (unpaired) electrons. The van der Waals surface area contributed by atoms with Crippen LogP contribution in [0.5, 0.6) is 0 Å². The number of thioether (sulfide) groups is 1. The fourth-order valence-corrected chi connectivity index (χ4v) is 2.11. The van der Waals surface area contributed by atoms with Crippen molar-refractivity contribution in [1.29, 1.82) is 0 Å². The van der Waals surface area contributed by atoms with Crippen molar-refractivity contribution in [3.8, 4) is 0 Å². The number of hydrogen-bond acceptors (Lipinski definition) is 2. The van der Waals surface area contributed by atoms with Crippen LogP contribution in [0.25, 0.3) is 6.08 Å². The van der Waals surface area contributed by atoms with Gasteiger partial charge in [-0.25, -0.2) is 9.18 Å². The first kappa shape index (κ1) is 15.1. The van der Waals surface area contributed by atoms with Gasteiger partial charge in [0.25, 0.3) is 0 Å². The second-order valence-electron chi connectivity index (χ2n) is 4.22. The monoisotopic (exact) mass is 302 g/mol. The summed E-state index contributed by atoms with van der Waals surface area (Å²) >= 11 is 1.61. The SMILES string of the molecule is CSc1cccc(NC(=O)N/C=C/c2ccc(F)cc2)c1. The summed E-state index contributed by atoms with van der Waals surface area (Å²) in [5.74, 6) is -0.286. The molecule has 2 N–H and O–H groups in total. The summed E-state index contributed by atoms with van der Waals surface area (Å²) in [7, 11) is 0. The van der Waals surface area contributed by atoms with Crippen molar-refractivity contribution >= 4 is 29.6 Å². The Hall–Kier alpha value is -2.27. The van der Waals surface area contributed by atoms with Crippen molar-refractivity contribution in [3.63, 3.8) is 0 Å². The van der Waals surface area contributed by atoms with Crippen molar-refractivity contribution < 1.29 is 9.18 Å². The van der Waals surface area contributed by atoms with Crippen LogP contribution in [0.4, 0.5) is 14.9 Å². The minimum Gasteiger partial charge on any atom is -0.314 e. The Kier molecular flexibility index (Phi) is 5.40. The van der Waals surface area contributed by atoms with E-state index in [0.717, 1.165) is 16.1 Å². The maximum Gasteiger partial charge on any atom is 0.323 e. The zero-order valence-electron chi connectivity index (χ0n) is 11.5. The molecule has 2 rings (SSSR count). The minimum absolute atomic E-state index is 0.286. The van der Waals surface area contributed by atoms with E-state index in [-0.39, 0.29) is 11.8 Å². The smallest absolute Gasteiger partial charge is 0.314 e. The number of anilines is 1.